The van der Waals surface area contributed by atoms with Crippen LogP contribution in [0.5, 0.6) is 23.0 Å². The molecule has 0 aliphatic heterocycles. The molecule has 0 fully saturated rings. The Kier molecular flexibility index (Phi) is 9.12. The molecule has 0 spiro atoms. The zero-order valence-corrected chi connectivity index (χ0v) is 19.3. The Bertz CT molecular complexity index is 1070. The van der Waals surface area contributed by atoms with Crippen LogP contribution in [0, 0.1) is 0 Å². The Labute approximate surface area is 198 Å². The van der Waals surface area contributed by atoms with Crippen LogP contribution in [0.25, 0.3) is 0 Å². The van der Waals surface area contributed by atoms with Crippen molar-refractivity contribution in [2.75, 3.05) is 0 Å². The van der Waals surface area contributed by atoms with Gasteiger partial charge < -0.3 is 19.7 Å². The van der Waals surface area contributed by atoms with Crippen LogP contribution in [0.4, 0.5) is 0 Å². The zero-order chi connectivity index (χ0) is 21.9. The van der Waals surface area contributed by atoms with E-state index in [4.69, 9.17) is 19.7 Å². The molecule has 0 aliphatic rings. The maximum absolute atomic E-state index is 11.1. The Morgan fingerprint density at radius 2 is 1.06 bits per heavy atom. The summed E-state index contributed by atoms with van der Waals surface area (Å²) in [4.78, 5) is 22.1. The van der Waals surface area contributed by atoms with Gasteiger partial charge in [-0.05, 0) is 71.6 Å². The number of rotatable bonds is 6. The molecule has 2 N–H and O–H groups in total. The summed E-state index contributed by atoms with van der Waals surface area (Å²) < 4.78 is 11.9. The van der Waals surface area contributed by atoms with Gasteiger partial charge in [-0.15, -0.1) is 24.8 Å². The highest BCUT2D eigenvalue weighted by molar-refractivity contribution is 5.88. The van der Waals surface area contributed by atoms with Gasteiger partial charge in [-0.3, -0.25) is 0 Å². The van der Waals surface area contributed by atoms with E-state index in [1.54, 1.807) is 30.3 Å². The number of carbonyl (C=O) groups is 2. The summed E-state index contributed by atoms with van der Waals surface area (Å²) in [6.07, 6.45) is 0. The number of carboxylic acids is 2. The molecule has 0 saturated carbocycles. The maximum atomic E-state index is 11.1. The minimum Gasteiger partial charge on any atom is -0.478 e. The summed E-state index contributed by atoms with van der Waals surface area (Å²) in [5, 5.41) is 18.1. The van der Waals surface area contributed by atoms with Crippen LogP contribution < -0.4 is 9.47 Å². The van der Waals surface area contributed by atoms with Gasteiger partial charge in [0, 0.05) is 0 Å². The Morgan fingerprint density at radius 3 is 1.44 bits per heavy atom. The first-order valence-corrected chi connectivity index (χ1v) is 9.30. The first-order chi connectivity index (χ1) is 14.1. The van der Waals surface area contributed by atoms with Crippen LogP contribution in [0.1, 0.15) is 47.1 Å². The Morgan fingerprint density at radius 1 is 0.656 bits per heavy atom. The van der Waals surface area contributed by atoms with Gasteiger partial charge in [0.05, 0.1) is 11.1 Å². The fraction of sp³-hybridized carbons (Fsp3) is 0.167. The molecule has 170 valence electrons. The lowest BCUT2D eigenvalue weighted by molar-refractivity contribution is 0.0686. The third-order valence-electron chi connectivity index (χ3n) is 4.47. The van der Waals surface area contributed by atoms with Gasteiger partial charge in [-0.2, -0.15) is 0 Å². The average Bonchev–Trinajstić information content (AvgIpc) is 2.69. The number of halogens is 2. The molecule has 32 heavy (non-hydrogen) atoms. The van der Waals surface area contributed by atoms with Gasteiger partial charge in [0.2, 0.25) is 0 Å². The second-order valence-corrected chi connectivity index (χ2v) is 7.77. The van der Waals surface area contributed by atoms with Gasteiger partial charge >= 0.3 is 11.9 Å². The fourth-order valence-corrected chi connectivity index (χ4v) is 2.72. The number of hydrogen-bond acceptors (Lipinski definition) is 4. The largest absolute Gasteiger partial charge is 0.478 e. The van der Waals surface area contributed by atoms with E-state index in [9.17, 15) is 9.59 Å². The van der Waals surface area contributed by atoms with E-state index in [1.165, 1.54) is 24.3 Å². The number of hydrogen-bond donors (Lipinski definition) is 2. The van der Waals surface area contributed by atoms with Gasteiger partial charge in [0.1, 0.15) is 11.5 Å². The highest BCUT2D eigenvalue weighted by atomic mass is 35.5. The summed E-state index contributed by atoms with van der Waals surface area (Å²) in [6, 6.07) is 17.8. The van der Waals surface area contributed by atoms with Crippen molar-refractivity contribution in [2.24, 2.45) is 0 Å². The topological polar surface area (TPSA) is 93.1 Å². The number of ether oxygens (including phenoxy) is 2. The van der Waals surface area contributed by atoms with E-state index in [-0.39, 0.29) is 41.4 Å². The van der Waals surface area contributed by atoms with Gasteiger partial charge in [0.15, 0.2) is 11.5 Å². The van der Waals surface area contributed by atoms with Crippen molar-refractivity contribution >= 4 is 36.8 Å². The molecule has 8 heteroatoms. The second kappa shape index (κ2) is 10.9. The molecule has 0 bridgehead atoms. The average molecular weight is 479 g/mol. The van der Waals surface area contributed by atoms with Crippen molar-refractivity contribution in [2.45, 2.75) is 26.2 Å². The molecule has 0 amide bonds. The summed E-state index contributed by atoms with van der Waals surface area (Å²) in [7, 11) is 0. The first-order valence-electron chi connectivity index (χ1n) is 9.30. The lowest BCUT2D eigenvalue weighted by Crippen LogP contribution is -2.11. The van der Waals surface area contributed by atoms with E-state index in [0.29, 0.717) is 23.0 Å². The van der Waals surface area contributed by atoms with Crippen molar-refractivity contribution in [1.82, 2.24) is 0 Å². The summed E-state index contributed by atoms with van der Waals surface area (Å²) in [5.74, 6) is -0.164. The van der Waals surface area contributed by atoms with Crippen molar-refractivity contribution in [3.8, 4) is 23.0 Å². The second-order valence-electron chi connectivity index (χ2n) is 7.77. The molecule has 0 aromatic heterocycles. The zero-order valence-electron chi connectivity index (χ0n) is 17.7. The third kappa shape index (κ3) is 6.64. The van der Waals surface area contributed by atoms with Crippen LogP contribution in [0.15, 0.2) is 66.7 Å². The van der Waals surface area contributed by atoms with E-state index in [0.717, 1.165) is 5.56 Å². The maximum Gasteiger partial charge on any atom is 0.335 e. The highest BCUT2D eigenvalue weighted by Gasteiger charge is 2.18. The molecule has 0 unspecified atom stereocenters. The van der Waals surface area contributed by atoms with Crippen molar-refractivity contribution in [3.63, 3.8) is 0 Å². The number of carboxylic acid groups (broad SMARTS) is 2. The van der Waals surface area contributed by atoms with E-state index in [1.807, 2.05) is 12.1 Å². The van der Waals surface area contributed by atoms with Crippen molar-refractivity contribution in [3.05, 3.63) is 83.4 Å². The monoisotopic (exact) mass is 478 g/mol. The molecule has 3 rings (SSSR count). The molecular formula is C24H24Cl2O6. The normalized spacial score (nSPS) is 10.3. The quantitative estimate of drug-likeness (QED) is 0.404. The van der Waals surface area contributed by atoms with Crippen LogP contribution in [0.3, 0.4) is 0 Å². The van der Waals surface area contributed by atoms with Crippen LogP contribution in [0.2, 0.25) is 0 Å². The number of benzene rings is 3. The van der Waals surface area contributed by atoms with Gasteiger partial charge in [0.25, 0.3) is 0 Å². The Hall–Kier alpha value is -3.22. The molecule has 0 atom stereocenters. The molecule has 3 aromatic rings. The Balaban J connectivity index is 0.00000256. The first kappa shape index (κ1) is 26.8. The van der Waals surface area contributed by atoms with Crippen LogP contribution in [-0.4, -0.2) is 22.2 Å². The third-order valence-corrected chi connectivity index (χ3v) is 4.47. The summed E-state index contributed by atoms with van der Waals surface area (Å²) in [6.45, 7) is 6.25. The minimum absolute atomic E-state index is 0. The lowest BCUT2D eigenvalue weighted by atomic mass is 9.87. The number of aromatic carboxylic acids is 2. The fourth-order valence-electron chi connectivity index (χ4n) is 2.72. The molecule has 0 aliphatic carbocycles. The smallest absolute Gasteiger partial charge is 0.335 e. The lowest BCUT2D eigenvalue weighted by Gasteiger charge is -2.21. The molecular weight excluding hydrogens is 455 g/mol. The predicted molar refractivity (Wildman–Crippen MR) is 127 cm³/mol. The highest BCUT2D eigenvalue weighted by Crippen LogP contribution is 2.38. The standard InChI is InChI=1S/C24H22O6.2ClH/c1-24(2,3)17-8-13-20(29-18-9-4-15(5-10-18)22(25)26)21(14-17)30-19-11-6-16(7-12-19)23(27)28;;/h4-14H,1-3H3,(H,25,26)(H,27,28);2*1H. The van der Waals surface area contributed by atoms with Crippen molar-refractivity contribution < 1.29 is 29.3 Å². The van der Waals surface area contributed by atoms with Crippen molar-refractivity contribution in [1.29, 1.82) is 0 Å². The molecule has 6 nitrogen and oxygen atoms in total. The summed E-state index contributed by atoms with van der Waals surface area (Å²) >= 11 is 0. The van der Waals surface area contributed by atoms with E-state index >= 15 is 0 Å². The molecule has 0 heterocycles. The van der Waals surface area contributed by atoms with E-state index < -0.39 is 11.9 Å². The molecule has 0 saturated heterocycles. The predicted octanol–water partition coefficient (Wildman–Crippen LogP) is 6.81. The van der Waals surface area contributed by atoms with Gasteiger partial charge in [-0.1, -0.05) is 26.8 Å². The van der Waals surface area contributed by atoms with Gasteiger partial charge in [-0.25, -0.2) is 9.59 Å². The summed E-state index contributed by atoms with van der Waals surface area (Å²) in [5.41, 5.74) is 1.25. The SMILES string of the molecule is CC(C)(C)c1ccc(Oc2ccc(C(=O)O)cc2)c(Oc2ccc(C(=O)O)cc2)c1.Cl.Cl. The molecule has 3 aromatic carbocycles. The van der Waals surface area contributed by atoms with Crippen LogP contribution in [-0.2, 0) is 5.41 Å². The molecule has 0 radical (unpaired) electrons. The van der Waals surface area contributed by atoms with Crippen LogP contribution >= 0.6 is 24.8 Å². The minimum atomic E-state index is -1.01. The van der Waals surface area contributed by atoms with E-state index in [2.05, 4.69) is 20.8 Å².